The van der Waals surface area contributed by atoms with Crippen molar-refractivity contribution in [2.24, 2.45) is 10.9 Å². The third-order valence-electron chi connectivity index (χ3n) is 3.07. The summed E-state index contributed by atoms with van der Waals surface area (Å²) < 4.78 is 5.75. The van der Waals surface area contributed by atoms with Crippen LogP contribution in [-0.4, -0.2) is 51.7 Å². The topological polar surface area (TPSA) is 48.9 Å². The Hall–Kier alpha value is -1.02. The lowest BCUT2D eigenvalue weighted by Crippen LogP contribution is -2.38. The van der Waals surface area contributed by atoms with E-state index in [9.17, 15) is 0 Å². The zero-order valence-electron chi connectivity index (χ0n) is 14.9. The molecule has 0 aromatic heterocycles. The fourth-order valence-electron chi connectivity index (χ4n) is 1.80. The second-order valence-corrected chi connectivity index (χ2v) is 6.00. The molecule has 0 fully saturated rings. The van der Waals surface area contributed by atoms with Crippen LogP contribution in [0.2, 0.25) is 0 Å². The first kappa shape index (κ1) is 22.0. The Bertz CT molecular complexity index is 464. The zero-order chi connectivity index (χ0) is 16.4. The summed E-state index contributed by atoms with van der Waals surface area (Å²) in [6.07, 6.45) is 0. The summed E-state index contributed by atoms with van der Waals surface area (Å²) in [5.41, 5.74) is 1.18. The van der Waals surface area contributed by atoms with Crippen LogP contribution in [0.25, 0.3) is 0 Å². The van der Waals surface area contributed by atoms with E-state index in [2.05, 4.69) is 46.5 Å². The van der Waals surface area contributed by atoms with Crippen molar-refractivity contribution in [3.63, 3.8) is 0 Å². The van der Waals surface area contributed by atoms with Gasteiger partial charge in [0.15, 0.2) is 5.96 Å². The van der Waals surface area contributed by atoms with Crippen molar-refractivity contribution in [3.8, 4) is 5.75 Å². The predicted molar refractivity (Wildman–Crippen MR) is 109 cm³/mol. The van der Waals surface area contributed by atoms with Crippen LogP contribution in [0.4, 0.5) is 0 Å². The van der Waals surface area contributed by atoms with Crippen LogP contribution in [0.15, 0.2) is 29.3 Å². The number of guanidine groups is 1. The highest BCUT2D eigenvalue weighted by Crippen LogP contribution is 2.13. The van der Waals surface area contributed by atoms with Gasteiger partial charge in [-0.25, -0.2) is 0 Å². The molecule has 0 bridgehead atoms. The normalized spacial score (nSPS) is 11.3. The molecule has 5 nitrogen and oxygen atoms in total. The molecule has 23 heavy (non-hydrogen) atoms. The highest BCUT2D eigenvalue weighted by Gasteiger charge is 2.01. The second-order valence-electron chi connectivity index (χ2n) is 6.00. The van der Waals surface area contributed by atoms with Crippen LogP contribution >= 0.6 is 24.0 Å². The molecule has 2 N–H and O–H groups in total. The number of aliphatic imine (C=N–C) groups is 1. The minimum atomic E-state index is 0. The van der Waals surface area contributed by atoms with E-state index in [1.165, 1.54) is 5.56 Å². The Balaban J connectivity index is 0.00000484. The van der Waals surface area contributed by atoms with Crippen molar-refractivity contribution in [1.29, 1.82) is 0 Å². The maximum Gasteiger partial charge on any atom is 0.191 e. The number of rotatable bonds is 8. The smallest absolute Gasteiger partial charge is 0.191 e. The molecule has 0 heterocycles. The number of ether oxygens (including phenoxy) is 1. The quantitative estimate of drug-likeness (QED) is 0.375. The molecule has 0 spiro atoms. The Morgan fingerprint density at radius 2 is 2.00 bits per heavy atom. The average molecular weight is 434 g/mol. The fraction of sp³-hybridized carbons (Fsp3) is 0.588. The van der Waals surface area contributed by atoms with Gasteiger partial charge in [-0.2, -0.15) is 0 Å². The van der Waals surface area contributed by atoms with Gasteiger partial charge in [0.1, 0.15) is 12.4 Å². The molecular weight excluding hydrogens is 403 g/mol. The van der Waals surface area contributed by atoms with E-state index in [1.54, 1.807) is 7.05 Å². The second kappa shape index (κ2) is 12.4. The average Bonchev–Trinajstić information content (AvgIpc) is 2.47. The number of likely N-dealkylation sites (N-methyl/N-ethyl adjacent to an activating group) is 1. The highest BCUT2D eigenvalue weighted by atomic mass is 127. The van der Waals surface area contributed by atoms with Gasteiger partial charge in [0.05, 0.1) is 0 Å². The van der Waals surface area contributed by atoms with E-state index in [-0.39, 0.29) is 24.0 Å². The van der Waals surface area contributed by atoms with Crippen LogP contribution in [0.5, 0.6) is 5.75 Å². The number of nitrogens with one attached hydrogen (secondary N) is 2. The molecule has 0 radical (unpaired) electrons. The van der Waals surface area contributed by atoms with Crippen LogP contribution in [0.3, 0.4) is 0 Å². The van der Waals surface area contributed by atoms with Crippen molar-refractivity contribution in [2.45, 2.75) is 20.4 Å². The van der Waals surface area contributed by atoms with E-state index < -0.39 is 0 Å². The number of hydrogen-bond acceptors (Lipinski definition) is 3. The van der Waals surface area contributed by atoms with E-state index >= 15 is 0 Å². The largest absolute Gasteiger partial charge is 0.492 e. The Morgan fingerprint density at radius 3 is 2.61 bits per heavy atom. The monoisotopic (exact) mass is 434 g/mol. The zero-order valence-corrected chi connectivity index (χ0v) is 17.3. The molecule has 0 saturated heterocycles. The van der Waals surface area contributed by atoms with Gasteiger partial charge in [-0.3, -0.25) is 4.99 Å². The summed E-state index contributed by atoms with van der Waals surface area (Å²) in [6, 6.07) is 8.16. The molecule has 0 aliphatic carbocycles. The molecular formula is C17H31IN4O. The number of nitrogens with zero attached hydrogens (tertiary/aromatic N) is 2. The molecule has 0 unspecified atom stereocenters. The molecule has 1 aromatic rings. The maximum atomic E-state index is 5.75. The molecule has 0 aliphatic rings. The van der Waals surface area contributed by atoms with Gasteiger partial charge in [0, 0.05) is 26.7 Å². The molecule has 0 aliphatic heterocycles. The van der Waals surface area contributed by atoms with Crippen LogP contribution in [0, 0.1) is 5.92 Å². The van der Waals surface area contributed by atoms with Crippen LogP contribution in [-0.2, 0) is 6.54 Å². The summed E-state index contributed by atoms with van der Waals surface area (Å²) in [6.45, 7) is 7.59. The molecule has 1 rings (SSSR count). The number of halogens is 1. The van der Waals surface area contributed by atoms with Crippen LogP contribution < -0.4 is 15.4 Å². The van der Waals surface area contributed by atoms with Crippen molar-refractivity contribution in [3.05, 3.63) is 29.8 Å². The van der Waals surface area contributed by atoms with Crippen molar-refractivity contribution in [1.82, 2.24) is 15.5 Å². The van der Waals surface area contributed by atoms with Crippen molar-refractivity contribution in [2.75, 3.05) is 40.8 Å². The summed E-state index contributed by atoms with van der Waals surface area (Å²) in [7, 11) is 5.87. The first-order chi connectivity index (χ1) is 10.5. The first-order valence-electron chi connectivity index (χ1n) is 7.82. The SMILES string of the molecule is CN=C(NCc1cccc(OCCN(C)C)c1)NCC(C)C.I. The molecule has 0 amide bonds. The van der Waals surface area contributed by atoms with Gasteiger partial charge in [-0.05, 0) is 37.7 Å². The van der Waals surface area contributed by atoms with Gasteiger partial charge in [-0.1, -0.05) is 26.0 Å². The van der Waals surface area contributed by atoms with Gasteiger partial charge < -0.3 is 20.3 Å². The third-order valence-corrected chi connectivity index (χ3v) is 3.07. The molecule has 6 heteroatoms. The number of benzene rings is 1. The van der Waals surface area contributed by atoms with Gasteiger partial charge in [0.2, 0.25) is 0 Å². The van der Waals surface area contributed by atoms with Crippen molar-refractivity contribution < 1.29 is 4.74 Å². The standard InChI is InChI=1S/C17H30N4O.HI/c1-14(2)12-19-17(18-3)20-13-15-7-6-8-16(11-15)22-10-9-21(4)5;/h6-8,11,14H,9-10,12-13H2,1-5H3,(H2,18,19,20);1H. The van der Waals surface area contributed by atoms with Crippen LogP contribution in [0.1, 0.15) is 19.4 Å². The van der Waals surface area contributed by atoms with Crippen molar-refractivity contribution >= 4 is 29.9 Å². The third kappa shape index (κ3) is 10.4. The summed E-state index contributed by atoms with van der Waals surface area (Å²) in [4.78, 5) is 6.33. The Labute approximate surface area is 157 Å². The lowest BCUT2D eigenvalue weighted by molar-refractivity contribution is 0.261. The minimum Gasteiger partial charge on any atom is -0.492 e. The van der Waals surface area contributed by atoms with E-state index in [4.69, 9.17) is 4.74 Å². The predicted octanol–water partition coefficient (Wildman–Crippen LogP) is 2.57. The molecule has 0 saturated carbocycles. The summed E-state index contributed by atoms with van der Waals surface area (Å²) in [5, 5.41) is 6.62. The van der Waals surface area contributed by atoms with E-state index in [0.29, 0.717) is 12.5 Å². The van der Waals surface area contributed by atoms with Gasteiger partial charge in [-0.15, -0.1) is 24.0 Å². The lowest BCUT2D eigenvalue weighted by atomic mass is 10.2. The summed E-state index contributed by atoms with van der Waals surface area (Å²) in [5.74, 6) is 2.32. The number of hydrogen-bond donors (Lipinski definition) is 2. The van der Waals surface area contributed by atoms with Gasteiger partial charge >= 0.3 is 0 Å². The molecule has 1 aromatic carbocycles. The van der Waals surface area contributed by atoms with Gasteiger partial charge in [0.25, 0.3) is 0 Å². The Morgan fingerprint density at radius 1 is 1.26 bits per heavy atom. The summed E-state index contributed by atoms with van der Waals surface area (Å²) >= 11 is 0. The maximum absolute atomic E-state index is 5.75. The Kier molecular flexibility index (Phi) is 11.9. The molecule has 132 valence electrons. The van der Waals surface area contributed by atoms with E-state index in [1.807, 2.05) is 26.2 Å². The first-order valence-corrected chi connectivity index (χ1v) is 7.82. The highest BCUT2D eigenvalue weighted by molar-refractivity contribution is 14.0. The fourth-order valence-corrected chi connectivity index (χ4v) is 1.80. The van der Waals surface area contributed by atoms with E-state index in [0.717, 1.165) is 31.3 Å². The lowest BCUT2D eigenvalue weighted by Gasteiger charge is -2.14. The minimum absolute atomic E-state index is 0. The molecule has 0 atom stereocenters.